The van der Waals surface area contributed by atoms with Gasteiger partial charge in [-0.05, 0) is 17.4 Å². The van der Waals surface area contributed by atoms with Crippen LogP contribution >= 0.6 is 11.8 Å². The van der Waals surface area contributed by atoms with E-state index in [1.54, 1.807) is 18.2 Å². The van der Waals surface area contributed by atoms with Gasteiger partial charge in [0.05, 0.1) is 10.5 Å². The SMILES string of the molecule is C=CCSc1nc2c(c(=O)[nH]1)C(c1ccc([N+](=O)[O-])cc1)C1=C(CC(C)(C)CC1=O)N2. The average molecular weight is 439 g/mol. The molecule has 1 unspecified atom stereocenters. The van der Waals surface area contributed by atoms with E-state index in [1.807, 2.05) is 13.8 Å². The van der Waals surface area contributed by atoms with Gasteiger partial charge >= 0.3 is 0 Å². The lowest BCUT2D eigenvalue weighted by Gasteiger charge is -2.38. The molecule has 0 amide bonds. The van der Waals surface area contributed by atoms with Gasteiger partial charge in [-0.3, -0.25) is 19.7 Å². The fourth-order valence-corrected chi connectivity index (χ4v) is 4.82. The van der Waals surface area contributed by atoms with Gasteiger partial charge in [-0.15, -0.1) is 6.58 Å². The standard InChI is InChI=1S/C22H22N4O4S/c1-4-9-31-21-24-19-18(20(28)25-21)16(12-5-7-13(8-6-12)26(29)30)17-14(23-19)10-22(2,3)11-15(17)27/h4-8,16H,1,9-11H2,2-3H3,(H2,23,24,25,28). The molecule has 0 saturated carbocycles. The number of hydrogen-bond donors (Lipinski definition) is 2. The van der Waals surface area contributed by atoms with Crippen molar-refractivity contribution in [3.05, 3.63) is 79.8 Å². The van der Waals surface area contributed by atoms with E-state index in [0.717, 1.165) is 5.70 Å². The second kappa shape index (κ2) is 7.81. The number of aromatic amines is 1. The summed E-state index contributed by atoms with van der Waals surface area (Å²) in [4.78, 5) is 44.3. The number of anilines is 1. The number of nitro benzene ring substituents is 1. The number of carbonyl (C=O) groups excluding carboxylic acids is 1. The third kappa shape index (κ3) is 3.93. The van der Waals surface area contributed by atoms with Gasteiger partial charge in [0.15, 0.2) is 10.9 Å². The predicted molar refractivity (Wildman–Crippen MR) is 119 cm³/mol. The summed E-state index contributed by atoms with van der Waals surface area (Å²) in [5.41, 5.74) is 1.69. The summed E-state index contributed by atoms with van der Waals surface area (Å²) in [7, 11) is 0. The number of nitro groups is 1. The van der Waals surface area contributed by atoms with E-state index in [0.29, 0.717) is 46.3 Å². The normalized spacial score (nSPS) is 19.3. The van der Waals surface area contributed by atoms with Crippen LogP contribution in [0.3, 0.4) is 0 Å². The van der Waals surface area contributed by atoms with Crippen LogP contribution in [-0.2, 0) is 4.79 Å². The molecular weight excluding hydrogens is 416 g/mol. The number of H-pyrrole nitrogens is 1. The molecule has 1 aromatic heterocycles. The Bertz CT molecular complexity index is 1180. The maximum atomic E-state index is 13.2. The highest BCUT2D eigenvalue weighted by molar-refractivity contribution is 7.99. The second-order valence-electron chi connectivity index (χ2n) is 8.47. The first kappa shape index (κ1) is 21.0. The molecule has 2 aliphatic rings. The topological polar surface area (TPSA) is 118 Å². The first-order chi connectivity index (χ1) is 14.7. The number of non-ortho nitro benzene ring substituents is 1. The number of aromatic nitrogens is 2. The highest BCUT2D eigenvalue weighted by Crippen LogP contribution is 2.47. The number of benzene rings is 1. The average Bonchev–Trinajstić information content (AvgIpc) is 2.69. The molecule has 2 aromatic rings. The van der Waals surface area contributed by atoms with E-state index >= 15 is 0 Å². The fraction of sp³-hybridized carbons (Fsp3) is 0.318. The number of Topliss-reactive ketones (excluding diaryl/α,β-unsaturated/α-hetero) is 1. The van der Waals surface area contributed by atoms with Gasteiger partial charge in [0.2, 0.25) is 0 Å². The number of rotatable bonds is 5. The summed E-state index contributed by atoms with van der Waals surface area (Å²) >= 11 is 1.36. The molecule has 0 spiro atoms. The van der Waals surface area contributed by atoms with Crippen molar-refractivity contribution in [3.63, 3.8) is 0 Å². The van der Waals surface area contributed by atoms with Crippen molar-refractivity contribution in [1.29, 1.82) is 0 Å². The van der Waals surface area contributed by atoms with E-state index in [9.17, 15) is 19.7 Å². The molecule has 0 radical (unpaired) electrons. The molecule has 1 aliphatic heterocycles. The van der Waals surface area contributed by atoms with Gasteiger partial charge in [0.25, 0.3) is 11.2 Å². The van der Waals surface area contributed by atoms with Gasteiger partial charge < -0.3 is 10.3 Å². The summed E-state index contributed by atoms with van der Waals surface area (Å²) in [6.45, 7) is 7.75. The van der Waals surface area contributed by atoms with Crippen molar-refractivity contribution in [2.45, 2.75) is 37.8 Å². The van der Waals surface area contributed by atoms with Crippen molar-refractivity contribution in [2.24, 2.45) is 5.41 Å². The minimum Gasteiger partial charge on any atom is -0.343 e. The zero-order valence-electron chi connectivity index (χ0n) is 17.2. The minimum absolute atomic E-state index is 0.0303. The molecule has 1 aromatic carbocycles. The van der Waals surface area contributed by atoms with Crippen molar-refractivity contribution in [1.82, 2.24) is 9.97 Å². The summed E-state index contributed by atoms with van der Waals surface area (Å²) in [5, 5.41) is 14.8. The number of hydrogen-bond acceptors (Lipinski definition) is 7. The van der Waals surface area contributed by atoms with Crippen LogP contribution in [0.25, 0.3) is 0 Å². The van der Waals surface area contributed by atoms with Crippen LogP contribution in [-0.4, -0.2) is 26.4 Å². The Balaban J connectivity index is 1.90. The number of nitrogens with one attached hydrogen (secondary N) is 2. The third-order valence-corrected chi connectivity index (χ3v) is 6.34. The molecule has 9 heteroatoms. The largest absolute Gasteiger partial charge is 0.343 e. The molecule has 31 heavy (non-hydrogen) atoms. The van der Waals surface area contributed by atoms with Gasteiger partial charge in [0, 0.05) is 41.5 Å². The molecule has 4 rings (SSSR count). The van der Waals surface area contributed by atoms with Crippen LogP contribution < -0.4 is 10.9 Å². The number of carbonyl (C=O) groups is 1. The highest BCUT2D eigenvalue weighted by atomic mass is 32.2. The molecule has 2 heterocycles. The van der Waals surface area contributed by atoms with Gasteiger partial charge in [-0.1, -0.05) is 43.8 Å². The Hall–Kier alpha value is -3.20. The van der Waals surface area contributed by atoms with Crippen LogP contribution in [0, 0.1) is 15.5 Å². The van der Waals surface area contributed by atoms with Crippen molar-refractivity contribution in [2.75, 3.05) is 11.1 Å². The van der Waals surface area contributed by atoms with E-state index < -0.39 is 10.8 Å². The van der Waals surface area contributed by atoms with E-state index in [4.69, 9.17) is 0 Å². The summed E-state index contributed by atoms with van der Waals surface area (Å²) < 4.78 is 0. The molecule has 160 valence electrons. The number of fused-ring (bicyclic) bond motifs is 1. The van der Waals surface area contributed by atoms with Crippen LogP contribution in [0.15, 0.2) is 58.1 Å². The quantitative estimate of drug-likeness (QED) is 0.237. The molecule has 1 aliphatic carbocycles. The predicted octanol–water partition coefficient (Wildman–Crippen LogP) is 4.16. The van der Waals surface area contributed by atoms with Crippen LogP contribution in [0.4, 0.5) is 11.5 Å². The van der Waals surface area contributed by atoms with Crippen LogP contribution in [0.1, 0.15) is 43.7 Å². The molecule has 1 atom stereocenters. The van der Waals surface area contributed by atoms with Crippen molar-refractivity contribution < 1.29 is 9.72 Å². The lowest BCUT2D eigenvalue weighted by atomic mass is 9.69. The summed E-state index contributed by atoms with van der Waals surface area (Å²) in [5.74, 6) is 0.345. The summed E-state index contributed by atoms with van der Waals surface area (Å²) in [6.07, 6.45) is 2.73. The maximum absolute atomic E-state index is 13.2. The second-order valence-corrected chi connectivity index (χ2v) is 9.48. The lowest BCUT2D eigenvalue weighted by Crippen LogP contribution is -2.37. The Morgan fingerprint density at radius 3 is 2.65 bits per heavy atom. The number of thioether (sulfide) groups is 1. The fourth-order valence-electron chi connectivity index (χ4n) is 4.22. The van der Waals surface area contributed by atoms with Crippen molar-refractivity contribution >= 4 is 29.1 Å². The lowest BCUT2D eigenvalue weighted by molar-refractivity contribution is -0.384. The zero-order chi connectivity index (χ0) is 22.3. The first-order valence-corrected chi connectivity index (χ1v) is 10.8. The van der Waals surface area contributed by atoms with Gasteiger partial charge in [-0.25, -0.2) is 4.98 Å². The van der Waals surface area contributed by atoms with Gasteiger partial charge in [-0.2, -0.15) is 0 Å². The van der Waals surface area contributed by atoms with Gasteiger partial charge in [0.1, 0.15) is 5.82 Å². The first-order valence-electron chi connectivity index (χ1n) is 9.86. The van der Waals surface area contributed by atoms with Crippen LogP contribution in [0.2, 0.25) is 0 Å². The van der Waals surface area contributed by atoms with E-state index in [-0.39, 0.29) is 22.4 Å². The molecule has 2 N–H and O–H groups in total. The van der Waals surface area contributed by atoms with E-state index in [1.165, 1.54) is 23.9 Å². The molecule has 0 bridgehead atoms. The monoisotopic (exact) mass is 438 g/mol. The number of nitrogens with zero attached hydrogens (tertiary/aromatic N) is 2. The Morgan fingerprint density at radius 2 is 2.00 bits per heavy atom. The third-order valence-electron chi connectivity index (χ3n) is 5.48. The Labute approximate surface area is 183 Å². The Morgan fingerprint density at radius 1 is 1.29 bits per heavy atom. The smallest absolute Gasteiger partial charge is 0.269 e. The van der Waals surface area contributed by atoms with Crippen LogP contribution in [0.5, 0.6) is 0 Å². The summed E-state index contributed by atoms with van der Waals surface area (Å²) in [6, 6.07) is 6.00. The number of ketones is 1. The molecular formula is C22H22N4O4S. The Kier molecular flexibility index (Phi) is 5.30. The zero-order valence-corrected chi connectivity index (χ0v) is 18.0. The highest BCUT2D eigenvalue weighted by Gasteiger charge is 2.42. The maximum Gasteiger partial charge on any atom is 0.269 e. The van der Waals surface area contributed by atoms with Crippen molar-refractivity contribution in [3.8, 4) is 0 Å². The molecule has 8 nitrogen and oxygen atoms in total. The molecule has 0 saturated heterocycles. The minimum atomic E-state index is -0.634. The number of allylic oxidation sites excluding steroid dienone is 2. The van der Waals surface area contributed by atoms with E-state index in [2.05, 4.69) is 21.9 Å². The molecule has 0 fully saturated rings.